The summed E-state index contributed by atoms with van der Waals surface area (Å²) in [6.07, 6.45) is 2.32. The van der Waals surface area contributed by atoms with Gasteiger partial charge in [-0.15, -0.1) is 0 Å². The molecule has 0 bridgehead atoms. The van der Waals surface area contributed by atoms with Crippen molar-refractivity contribution in [3.05, 3.63) is 29.6 Å². The van der Waals surface area contributed by atoms with Gasteiger partial charge in [0.05, 0.1) is 0 Å². The Morgan fingerprint density at radius 1 is 1.41 bits per heavy atom. The fraction of sp³-hybridized carbons (Fsp3) is 0.571. The van der Waals surface area contributed by atoms with Crippen LogP contribution in [0.1, 0.15) is 32.3 Å². The molecule has 17 heavy (non-hydrogen) atoms. The molecule has 2 nitrogen and oxygen atoms in total. The molecule has 0 aliphatic carbocycles. The predicted molar refractivity (Wildman–Crippen MR) is 69.0 cm³/mol. The summed E-state index contributed by atoms with van der Waals surface area (Å²) in [6.45, 7) is 7.48. The zero-order valence-corrected chi connectivity index (χ0v) is 10.9. The van der Waals surface area contributed by atoms with E-state index in [0.717, 1.165) is 18.5 Å². The van der Waals surface area contributed by atoms with Crippen molar-refractivity contribution in [1.29, 1.82) is 0 Å². The molecule has 1 N–H and O–H groups in total. The van der Waals surface area contributed by atoms with Gasteiger partial charge in [0, 0.05) is 12.6 Å². The molecule has 0 saturated heterocycles. The number of ether oxygens (including phenoxy) is 1. The molecule has 1 atom stereocenters. The molecule has 96 valence electrons. The zero-order chi connectivity index (χ0) is 12.7. The van der Waals surface area contributed by atoms with Crippen LogP contribution in [0.5, 0.6) is 5.75 Å². The summed E-state index contributed by atoms with van der Waals surface area (Å²) in [6, 6.07) is 5.40. The van der Waals surface area contributed by atoms with Gasteiger partial charge < -0.3 is 10.1 Å². The van der Waals surface area contributed by atoms with E-state index in [1.165, 1.54) is 12.5 Å². The summed E-state index contributed by atoms with van der Waals surface area (Å²) in [4.78, 5) is 0. The van der Waals surface area contributed by atoms with Crippen LogP contribution in [0.15, 0.2) is 18.2 Å². The standard InChI is InChI=1S/C14H22FNO/c1-4-5-12(3)16-8-9-17-14-10-11(2)6-7-13(14)15/h6-7,10,12,16H,4-5,8-9H2,1-3H3. The fourth-order valence-corrected chi connectivity index (χ4v) is 1.72. The second kappa shape index (κ2) is 7.28. The van der Waals surface area contributed by atoms with Gasteiger partial charge in [-0.3, -0.25) is 0 Å². The maximum absolute atomic E-state index is 13.3. The third-order valence-electron chi connectivity index (χ3n) is 2.66. The highest BCUT2D eigenvalue weighted by molar-refractivity contribution is 5.29. The van der Waals surface area contributed by atoms with Crippen molar-refractivity contribution in [2.45, 2.75) is 39.7 Å². The van der Waals surface area contributed by atoms with Crippen LogP contribution in [-0.4, -0.2) is 19.2 Å². The van der Waals surface area contributed by atoms with Gasteiger partial charge in [0.1, 0.15) is 6.61 Å². The average Bonchev–Trinajstić information content (AvgIpc) is 2.29. The first-order valence-electron chi connectivity index (χ1n) is 6.25. The van der Waals surface area contributed by atoms with Gasteiger partial charge in [0.15, 0.2) is 11.6 Å². The summed E-state index contributed by atoms with van der Waals surface area (Å²) >= 11 is 0. The molecular formula is C14H22FNO. The molecule has 1 rings (SSSR count). The quantitative estimate of drug-likeness (QED) is 0.737. The molecule has 0 aromatic heterocycles. The van der Waals surface area contributed by atoms with Gasteiger partial charge in [-0.2, -0.15) is 0 Å². The maximum Gasteiger partial charge on any atom is 0.165 e. The van der Waals surface area contributed by atoms with Crippen LogP contribution < -0.4 is 10.1 Å². The number of aryl methyl sites for hydroxylation is 1. The molecule has 1 unspecified atom stereocenters. The van der Waals surface area contributed by atoms with Crippen molar-refractivity contribution < 1.29 is 9.13 Å². The SMILES string of the molecule is CCCC(C)NCCOc1cc(C)ccc1F. The molecule has 0 aliphatic heterocycles. The number of hydrogen-bond acceptors (Lipinski definition) is 2. The number of hydrogen-bond donors (Lipinski definition) is 1. The second-order valence-corrected chi connectivity index (χ2v) is 4.43. The van der Waals surface area contributed by atoms with Gasteiger partial charge in [-0.05, 0) is 38.0 Å². The zero-order valence-electron chi connectivity index (χ0n) is 10.9. The molecule has 0 radical (unpaired) electrons. The molecule has 1 aromatic rings. The van der Waals surface area contributed by atoms with Crippen LogP contribution in [0.25, 0.3) is 0 Å². The first-order valence-corrected chi connectivity index (χ1v) is 6.25. The molecule has 3 heteroatoms. The van der Waals surface area contributed by atoms with Gasteiger partial charge in [-0.25, -0.2) is 4.39 Å². The van der Waals surface area contributed by atoms with Gasteiger partial charge in [-0.1, -0.05) is 19.4 Å². The topological polar surface area (TPSA) is 21.3 Å². The van der Waals surface area contributed by atoms with Crippen molar-refractivity contribution >= 4 is 0 Å². The number of rotatable bonds is 7. The lowest BCUT2D eigenvalue weighted by Crippen LogP contribution is -2.30. The minimum absolute atomic E-state index is 0.294. The second-order valence-electron chi connectivity index (χ2n) is 4.43. The van der Waals surface area contributed by atoms with Crippen molar-refractivity contribution in [3.8, 4) is 5.75 Å². The van der Waals surface area contributed by atoms with E-state index in [4.69, 9.17) is 4.74 Å². The summed E-state index contributed by atoms with van der Waals surface area (Å²) in [5.74, 6) is 0.0483. The Balaban J connectivity index is 2.28. The number of nitrogens with one attached hydrogen (secondary N) is 1. The first-order chi connectivity index (χ1) is 8.13. The van der Waals surface area contributed by atoms with E-state index in [-0.39, 0.29) is 5.82 Å². The highest BCUT2D eigenvalue weighted by Gasteiger charge is 2.03. The Bertz CT molecular complexity index is 341. The van der Waals surface area contributed by atoms with Crippen molar-refractivity contribution in [3.63, 3.8) is 0 Å². The van der Waals surface area contributed by atoms with Gasteiger partial charge >= 0.3 is 0 Å². The Morgan fingerprint density at radius 3 is 2.88 bits per heavy atom. The van der Waals surface area contributed by atoms with Crippen LogP contribution >= 0.6 is 0 Å². The summed E-state index contributed by atoms with van der Waals surface area (Å²) in [5, 5.41) is 3.34. The van der Waals surface area contributed by atoms with Crippen LogP contribution in [0.3, 0.4) is 0 Å². The highest BCUT2D eigenvalue weighted by atomic mass is 19.1. The molecular weight excluding hydrogens is 217 g/mol. The smallest absolute Gasteiger partial charge is 0.165 e. The molecule has 0 saturated carbocycles. The lowest BCUT2D eigenvalue weighted by Gasteiger charge is -2.13. The maximum atomic E-state index is 13.3. The predicted octanol–water partition coefficient (Wildman–Crippen LogP) is 3.29. The average molecular weight is 239 g/mol. The van der Waals surface area contributed by atoms with E-state index in [0.29, 0.717) is 18.4 Å². The van der Waals surface area contributed by atoms with E-state index in [1.54, 1.807) is 12.1 Å². The van der Waals surface area contributed by atoms with Crippen LogP contribution in [-0.2, 0) is 0 Å². The molecule has 0 aliphatic rings. The van der Waals surface area contributed by atoms with Crippen molar-refractivity contribution in [1.82, 2.24) is 5.32 Å². The Morgan fingerprint density at radius 2 is 2.18 bits per heavy atom. The minimum atomic E-state index is -0.294. The molecule has 0 fully saturated rings. The van der Waals surface area contributed by atoms with Gasteiger partial charge in [0.2, 0.25) is 0 Å². The number of benzene rings is 1. The van der Waals surface area contributed by atoms with Crippen LogP contribution in [0, 0.1) is 12.7 Å². The third kappa shape index (κ3) is 5.18. The van der Waals surface area contributed by atoms with E-state index >= 15 is 0 Å². The molecule has 1 aromatic carbocycles. The Kier molecular flexibility index (Phi) is 5.98. The minimum Gasteiger partial charge on any atom is -0.489 e. The Hall–Kier alpha value is -1.09. The largest absolute Gasteiger partial charge is 0.489 e. The van der Waals surface area contributed by atoms with E-state index in [9.17, 15) is 4.39 Å². The van der Waals surface area contributed by atoms with Crippen LogP contribution in [0.2, 0.25) is 0 Å². The summed E-state index contributed by atoms with van der Waals surface area (Å²) in [7, 11) is 0. The normalized spacial score (nSPS) is 12.5. The Labute approximate surface area is 103 Å². The summed E-state index contributed by atoms with van der Waals surface area (Å²) in [5.41, 5.74) is 1.01. The van der Waals surface area contributed by atoms with E-state index in [1.807, 2.05) is 6.92 Å². The third-order valence-corrected chi connectivity index (χ3v) is 2.66. The van der Waals surface area contributed by atoms with Gasteiger partial charge in [0.25, 0.3) is 0 Å². The van der Waals surface area contributed by atoms with E-state index < -0.39 is 0 Å². The van der Waals surface area contributed by atoms with E-state index in [2.05, 4.69) is 19.2 Å². The van der Waals surface area contributed by atoms with Crippen LogP contribution in [0.4, 0.5) is 4.39 Å². The van der Waals surface area contributed by atoms with Crippen molar-refractivity contribution in [2.24, 2.45) is 0 Å². The summed E-state index contributed by atoms with van der Waals surface area (Å²) < 4.78 is 18.7. The molecule has 0 spiro atoms. The first kappa shape index (κ1) is 14.0. The highest BCUT2D eigenvalue weighted by Crippen LogP contribution is 2.17. The van der Waals surface area contributed by atoms with Crippen molar-refractivity contribution in [2.75, 3.05) is 13.2 Å². The fourth-order valence-electron chi connectivity index (χ4n) is 1.72. The lowest BCUT2D eigenvalue weighted by atomic mass is 10.2. The monoisotopic (exact) mass is 239 g/mol. The molecule has 0 amide bonds. The lowest BCUT2D eigenvalue weighted by molar-refractivity contribution is 0.291. The molecule has 0 heterocycles. The number of halogens is 1.